The highest BCUT2D eigenvalue weighted by molar-refractivity contribution is 7.15. The lowest BCUT2D eigenvalue weighted by Crippen LogP contribution is -2.17. The van der Waals surface area contributed by atoms with Crippen molar-refractivity contribution >= 4 is 16.5 Å². The summed E-state index contributed by atoms with van der Waals surface area (Å²) >= 11 is 1.66. The molecular formula is C11H18N2OS. The third kappa shape index (κ3) is 2.32. The predicted molar refractivity (Wildman–Crippen MR) is 63.5 cm³/mol. The number of anilines is 1. The summed E-state index contributed by atoms with van der Waals surface area (Å²) in [6, 6.07) is 0. The Kier molecular flexibility index (Phi) is 3.59. The lowest BCUT2D eigenvalue weighted by Gasteiger charge is -2.12. The third-order valence-corrected chi connectivity index (χ3v) is 3.92. The van der Waals surface area contributed by atoms with Gasteiger partial charge in [0.1, 0.15) is 0 Å². The highest BCUT2D eigenvalue weighted by Crippen LogP contribution is 2.29. The lowest BCUT2D eigenvalue weighted by atomic mass is 10.2. The molecule has 15 heavy (non-hydrogen) atoms. The second kappa shape index (κ2) is 4.94. The first-order chi connectivity index (χ1) is 7.35. The fourth-order valence-corrected chi connectivity index (χ4v) is 2.99. The first-order valence-corrected chi connectivity index (χ1v) is 6.51. The average Bonchev–Trinajstić information content (AvgIpc) is 2.84. The van der Waals surface area contributed by atoms with Crippen LogP contribution in [0.5, 0.6) is 0 Å². The van der Waals surface area contributed by atoms with Gasteiger partial charge in [0, 0.05) is 13.1 Å². The van der Waals surface area contributed by atoms with Crippen LogP contribution >= 0.6 is 11.3 Å². The van der Waals surface area contributed by atoms with E-state index in [9.17, 15) is 5.11 Å². The Morgan fingerprint density at radius 3 is 2.73 bits per heavy atom. The van der Waals surface area contributed by atoms with Crippen LogP contribution in [0.4, 0.5) is 5.13 Å². The number of aliphatic hydroxyl groups excluding tert-OH is 1. The van der Waals surface area contributed by atoms with Gasteiger partial charge in [-0.1, -0.05) is 24.7 Å². The average molecular weight is 226 g/mol. The van der Waals surface area contributed by atoms with Crippen LogP contribution in [0.1, 0.15) is 36.8 Å². The SMILES string of the molecule is CCCc1nc(N2CCCC2)sc1CO. The van der Waals surface area contributed by atoms with E-state index in [-0.39, 0.29) is 6.61 Å². The van der Waals surface area contributed by atoms with E-state index in [0.717, 1.165) is 41.6 Å². The van der Waals surface area contributed by atoms with Crippen molar-refractivity contribution in [2.24, 2.45) is 0 Å². The zero-order chi connectivity index (χ0) is 10.7. The minimum Gasteiger partial charge on any atom is -0.391 e. The Bertz CT molecular complexity index is 318. The fourth-order valence-electron chi connectivity index (χ4n) is 1.97. The van der Waals surface area contributed by atoms with E-state index in [4.69, 9.17) is 0 Å². The summed E-state index contributed by atoms with van der Waals surface area (Å²) in [6.45, 7) is 4.55. The number of thiazole rings is 1. The molecule has 1 aromatic rings. The van der Waals surface area contributed by atoms with Crippen molar-refractivity contribution in [1.29, 1.82) is 0 Å². The molecule has 0 aliphatic carbocycles. The molecule has 1 aliphatic rings. The maximum Gasteiger partial charge on any atom is 0.185 e. The quantitative estimate of drug-likeness (QED) is 0.855. The van der Waals surface area contributed by atoms with E-state index in [1.165, 1.54) is 12.8 Å². The molecule has 0 unspecified atom stereocenters. The standard InChI is InChI=1S/C11H18N2OS/c1-2-5-9-10(8-14)15-11(12-9)13-6-3-4-7-13/h14H,2-8H2,1H3. The molecule has 1 fully saturated rings. The van der Waals surface area contributed by atoms with Crippen molar-refractivity contribution in [3.05, 3.63) is 10.6 Å². The summed E-state index contributed by atoms with van der Waals surface area (Å²) in [6.07, 6.45) is 4.63. The van der Waals surface area contributed by atoms with Crippen LogP contribution < -0.4 is 4.90 Å². The third-order valence-electron chi connectivity index (χ3n) is 2.77. The largest absolute Gasteiger partial charge is 0.391 e. The van der Waals surface area contributed by atoms with Gasteiger partial charge in [-0.15, -0.1) is 0 Å². The van der Waals surface area contributed by atoms with Crippen LogP contribution in [0.2, 0.25) is 0 Å². The molecule has 2 heterocycles. The molecule has 1 N–H and O–H groups in total. The van der Waals surface area contributed by atoms with E-state index in [2.05, 4.69) is 16.8 Å². The van der Waals surface area contributed by atoms with E-state index >= 15 is 0 Å². The molecule has 2 rings (SSSR count). The van der Waals surface area contributed by atoms with Crippen molar-refractivity contribution in [2.45, 2.75) is 39.2 Å². The molecule has 1 saturated heterocycles. The first-order valence-electron chi connectivity index (χ1n) is 5.69. The van der Waals surface area contributed by atoms with Gasteiger partial charge < -0.3 is 10.0 Å². The molecule has 0 spiro atoms. The number of aliphatic hydroxyl groups is 1. The number of aryl methyl sites for hydroxylation is 1. The highest BCUT2D eigenvalue weighted by atomic mass is 32.1. The van der Waals surface area contributed by atoms with Crippen LogP contribution in [-0.4, -0.2) is 23.2 Å². The zero-order valence-electron chi connectivity index (χ0n) is 9.20. The van der Waals surface area contributed by atoms with Gasteiger partial charge in [0.15, 0.2) is 5.13 Å². The van der Waals surface area contributed by atoms with Crippen molar-refractivity contribution in [2.75, 3.05) is 18.0 Å². The van der Waals surface area contributed by atoms with Gasteiger partial charge in [-0.2, -0.15) is 0 Å². The summed E-state index contributed by atoms with van der Waals surface area (Å²) < 4.78 is 0. The number of hydrogen-bond acceptors (Lipinski definition) is 4. The van der Waals surface area contributed by atoms with Crippen LogP contribution in [0, 0.1) is 0 Å². The molecule has 4 heteroatoms. The molecule has 0 amide bonds. The van der Waals surface area contributed by atoms with E-state index in [1.807, 2.05) is 0 Å². The Labute approximate surface area is 94.8 Å². The molecule has 84 valence electrons. The highest BCUT2D eigenvalue weighted by Gasteiger charge is 2.18. The monoisotopic (exact) mass is 226 g/mol. The van der Waals surface area contributed by atoms with Crippen LogP contribution in [0.3, 0.4) is 0 Å². The predicted octanol–water partition coefficient (Wildman–Crippen LogP) is 2.19. The Hall–Kier alpha value is -0.610. The number of rotatable bonds is 4. The number of hydrogen-bond donors (Lipinski definition) is 1. The van der Waals surface area contributed by atoms with Crippen molar-refractivity contribution in [3.8, 4) is 0 Å². The van der Waals surface area contributed by atoms with Gasteiger partial charge in [-0.3, -0.25) is 0 Å². The Morgan fingerprint density at radius 1 is 1.40 bits per heavy atom. The lowest BCUT2D eigenvalue weighted by molar-refractivity contribution is 0.284. The first kappa shape index (κ1) is 10.9. The number of nitrogens with zero attached hydrogens (tertiary/aromatic N) is 2. The zero-order valence-corrected chi connectivity index (χ0v) is 10.0. The molecule has 1 aliphatic heterocycles. The molecule has 0 atom stereocenters. The minimum absolute atomic E-state index is 0.140. The minimum atomic E-state index is 0.140. The van der Waals surface area contributed by atoms with E-state index < -0.39 is 0 Å². The van der Waals surface area contributed by atoms with E-state index in [0.29, 0.717) is 0 Å². The summed E-state index contributed by atoms with van der Waals surface area (Å²) in [5.74, 6) is 0. The maximum atomic E-state index is 9.25. The topological polar surface area (TPSA) is 36.4 Å². The maximum absolute atomic E-state index is 9.25. The molecule has 1 aromatic heterocycles. The summed E-state index contributed by atoms with van der Waals surface area (Å²) in [5, 5.41) is 10.4. The molecular weight excluding hydrogens is 208 g/mol. The van der Waals surface area contributed by atoms with Crippen LogP contribution in [0.25, 0.3) is 0 Å². The Morgan fingerprint density at radius 2 is 2.13 bits per heavy atom. The van der Waals surface area contributed by atoms with Crippen molar-refractivity contribution < 1.29 is 5.11 Å². The fraction of sp³-hybridized carbons (Fsp3) is 0.727. The summed E-state index contributed by atoms with van der Waals surface area (Å²) in [5.41, 5.74) is 1.10. The molecule has 0 saturated carbocycles. The van der Waals surface area contributed by atoms with Gasteiger partial charge in [-0.25, -0.2) is 4.98 Å². The van der Waals surface area contributed by atoms with Gasteiger partial charge in [0.05, 0.1) is 17.2 Å². The number of aromatic nitrogens is 1. The van der Waals surface area contributed by atoms with Crippen molar-refractivity contribution in [1.82, 2.24) is 4.98 Å². The van der Waals surface area contributed by atoms with E-state index in [1.54, 1.807) is 11.3 Å². The summed E-state index contributed by atoms with van der Waals surface area (Å²) in [7, 11) is 0. The van der Waals surface area contributed by atoms with Gasteiger partial charge in [-0.05, 0) is 19.3 Å². The second-order valence-electron chi connectivity index (χ2n) is 3.97. The van der Waals surface area contributed by atoms with Gasteiger partial charge >= 0.3 is 0 Å². The summed E-state index contributed by atoms with van der Waals surface area (Å²) in [4.78, 5) is 8.03. The smallest absolute Gasteiger partial charge is 0.185 e. The molecule has 0 bridgehead atoms. The molecule has 0 aromatic carbocycles. The second-order valence-corrected chi connectivity index (χ2v) is 5.03. The van der Waals surface area contributed by atoms with Gasteiger partial charge in [0.25, 0.3) is 0 Å². The molecule has 3 nitrogen and oxygen atoms in total. The van der Waals surface area contributed by atoms with Gasteiger partial charge in [0.2, 0.25) is 0 Å². The Balaban J connectivity index is 2.17. The molecule has 0 radical (unpaired) electrons. The van der Waals surface area contributed by atoms with Crippen LogP contribution in [0.15, 0.2) is 0 Å². The normalized spacial score (nSPS) is 16.3. The van der Waals surface area contributed by atoms with Crippen molar-refractivity contribution in [3.63, 3.8) is 0 Å². The van der Waals surface area contributed by atoms with Crippen LogP contribution in [-0.2, 0) is 13.0 Å².